The van der Waals surface area contributed by atoms with E-state index in [1.165, 1.54) is 11.6 Å². The van der Waals surface area contributed by atoms with Crippen molar-refractivity contribution in [2.24, 2.45) is 0 Å². The lowest BCUT2D eigenvalue weighted by Crippen LogP contribution is -2.58. The molecular formula is C21H20N2O3. The molecule has 0 bridgehead atoms. The Morgan fingerprint density at radius 2 is 1.96 bits per heavy atom. The van der Waals surface area contributed by atoms with Crippen LogP contribution in [-0.2, 0) is 5.41 Å². The summed E-state index contributed by atoms with van der Waals surface area (Å²) in [6.07, 6.45) is 6.57. The highest BCUT2D eigenvalue weighted by molar-refractivity contribution is 5.73. The number of likely N-dealkylation sites (N-methyl/N-ethyl adjacent to an activating group) is 1. The molecule has 2 aromatic rings. The zero-order chi connectivity index (χ0) is 18.5. The van der Waals surface area contributed by atoms with Crippen molar-refractivity contribution in [3.8, 4) is 5.75 Å². The lowest BCUT2D eigenvalue weighted by Gasteiger charge is -2.45. The molecule has 132 valence electrons. The topological polar surface area (TPSA) is 55.6 Å². The van der Waals surface area contributed by atoms with Crippen molar-refractivity contribution in [3.05, 3.63) is 81.5 Å². The summed E-state index contributed by atoms with van der Waals surface area (Å²) >= 11 is 0. The van der Waals surface area contributed by atoms with E-state index in [4.69, 9.17) is 4.74 Å². The van der Waals surface area contributed by atoms with Crippen LogP contribution >= 0.6 is 0 Å². The van der Waals surface area contributed by atoms with E-state index in [0.29, 0.717) is 0 Å². The zero-order valence-electron chi connectivity index (χ0n) is 15.0. The van der Waals surface area contributed by atoms with E-state index in [9.17, 15) is 10.1 Å². The predicted molar refractivity (Wildman–Crippen MR) is 103 cm³/mol. The van der Waals surface area contributed by atoms with Crippen LogP contribution in [0, 0.1) is 10.1 Å². The third-order valence-electron chi connectivity index (χ3n) is 5.51. The Morgan fingerprint density at radius 1 is 1.19 bits per heavy atom. The third kappa shape index (κ3) is 2.17. The van der Waals surface area contributed by atoms with Crippen molar-refractivity contribution >= 4 is 17.8 Å². The standard InChI is InChI=1S/C21H20N2O3/c1-20(2)17-6-4-5-7-18(17)22(3)21(20)12-10-16-14-15(11-13-23(24)25)8-9-19(16)26-21/h4-14H,1-3H3. The first-order chi connectivity index (χ1) is 12.3. The molecule has 0 saturated carbocycles. The molecule has 0 radical (unpaired) electrons. The van der Waals surface area contributed by atoms with Crippen molar-refractivity contribution in [1.82, 2.24) is 0 Å². The van der Waals surface area contributed by atoms with Gasteiger partial charge in [0.2, 0.25) is 11.9 Å². The van der Waals surface area contributed by atoms with Crippen LogP contribution < -0.4 is 9.64 Å². The first-order valence-corrected chi connectivity index (χ1v) is 8.52. The second-order valence-corrected chi connectivity index (χ2v) is 7.23. The SMILES string of the molecule is CN1c2ccccc2C(C)(C)C12C=Cc1cc(C=C[N+](=O)[O-])ccc1O2. The number of benzene rings is 2. The highest BCUT2D eigenvalue weighted by atomic mass is 16.6. The quantitative estimate of drug-likeness (QED) is 0.594. The Morgan fingerprint density at radius 3 is 2.69 bits per heavy atom. The van der Waals surface area contributed by atoms with Gasteiger partial charge in [-0.25, -0.2) is 0 Å². The first kappa shape index (κ1) is 16.4. The summed E-state index contributed by atoms with van der Waals surface area (Å²) in [5.74, 6) is 0.776. The lowest BCUT2D eigenvalue weighted by atomic mass is 9.76. The van der Waals surface area contributed by atoms with Crippen LogP contribution in [0.5, 0.6) is 5.75 Å². The average molecular weight is 348 g/mol. The summed E-state index contributed by atoms with van der Waals surface area (Å²) in [5.41, 5.74) is 3.25. The number of ether oxygens (including phenoxy) is 1. The van der Waals surface area contributed by atoms with Crippen LogP contribution in [0.15, 0.2) is 54.7 Å². The number of para-hydroxylation sites is 1. The number of hydrogen-bond acceptors (Lipinski definition) is 4. The highest BCUT2D eigenvalue weighted by Crippen LogP contribution is 2.54. The minimum absolute atomic E-state index is 0.239. The van der Waals surface area contributed by atoms with Gasteiger partial charge in [0.15, 0.2) is 0 Å². The van der Waals surface area contributed by atoms with Gasteiger partial charge in [0.05, 0.1) is 10.3 Å². The van der Waals surface area contributed by atoms with Crippen molar-refractivity contribution in [2.75, 3.05) is 11.9 Å². The van der Waals surface area contributed by atoms with Crippen LogP contribution in [0.3, 0.4) is 0 Å². The summed E-state index contributed by atoms with van der Waals surface area (Å²) in [7, 11) is 2.05. The van der Waals surface area contributed by atoms with Gasteiger partial charge in [0.1, 0.15) is 5.75 Å². The fourth-order valence-electron chi connectivity index (χ4n) is 4.05. The average Bonchev–Trinajstić information content (AvgIpc) is 2.79. The molecule has 5 heteroatoms. The van der Waals surface area contributed by atoms with E-state index >= 15 is 0 Å². The van der Waals surface area contributed by atoms with Gasteiger partial charge in [-0.1, -0.05) is 24.3 Å². The van der Waals surface area contributed by atoms with Crippen molar-refractivity contribution in [2.45, 2.75) is 25.0 Å². The molecule has 2 aromatic carbocycles. The van der Waals surface area contributed by atoms with Crippen molar-refractivity contribution < 1.29 is 9.66 Å². The van der Waals surface area contributed by atoms with Gasteiger partial charge in [0.25, 0.3) is 0 Å². The monoisotopic (exact) mass is 348 g/mol. The van der Waals surface area contributed by atoms with E-state index in [1.807, 2.05) is 30.3 Å². The summed E-state index contributed by atoms with van der Waals surface area (Å²) < 4.78 is 6.55. The minimum atomic E-state index is -0.609. The van der Waals surface area contributed by atoms with Gasteiger partial charge >= 0.3 is 0 Å². The first-order valence-electron chi connectivity index (χ1n) is 8.52. The van der Waals surface area contributed by atoms with E-state index in [2.05, 4.69) is 50.1 Å². The number of nitro groups is 1. The molecule has 0 aliphatic carbocycles. The molecule has 4 rings (SSSR count). The molecule has 1 unspecified atom stereocenters. The Kier molecular flexibility index (Phi) is 3.44. The van der Waals surface area contributed by atoms with Gasteiger partial charge in [-0.15, -0.1) is 0 Å². The molecule has 1 atom stereocenters. The molecule has 0 amide bonds. The summed E-state index contributed by atoms with van der Waals surface area (Å²) in [6.45, 7) is 4.39. The largest absolute Gasteiger partial charge is 0.463 e. The van der Waals surface area contributed by atoms with E-state index in [0.717, 1.165) is 28.8 Å². The summed E-state index contributed by atoms with van der Waals surface area (Å²) in [4.78, 5) is 12.2. The second-order valence-electron chi connectivity index (χ2n) is 7.23. The number of nitrogens with zero attached hydrogens (tertiary/aromatic N) is 2. The molecule has 2 heterocycles. The Hall–Kier alpha value is -3.08. The molecule has 5 nitrogen and oxygen atoms in total. The van der Waals surface area contributed by atoms with Gasteiger partial charge in [-0.05, 0) is 55.3 Å². The smallest absolute Gasteiger partial charge is 0.235 e. The third-order valence-corrected chi connectivity index (χ3v) is 5.51. The molecule has 2 aliphatic rings. The second kappa shape index (κ2) is 5.46. The number of hydrogen-bond donors (Lipinski definition) is 0. The number of anilines is 1. The van der Waals surface area contributed by atoms with Crippen LogP contribution in [-0.4, -0.2) is 17.7 Å². The maximum atomic E-state index is 10.5. The Bertz CT molecular complexity index is 961. The van der Waals surface area contributed by atoms with Crippen LogP contribution in [0.1, 0.15) is 30.5 Å². The predicted octanol–water partition coefficient (Wildman–Crippen LogP) is 4.46. The molecule has 26 heavy (non-hydrogen) atoms. The van der Waals surface area contributed by atoms with Gasteiger partial charge in [-0.2, -0.15) is 0 Å². The van der Waals surface area contributed by atoms with Crippen molar-refractivity contribution in [1.29, 1.82) is 0 Å². The van der Waals surface area contributed by atoms with E-state index in [-0.39, 0.29) is 5.41 Å². The maximum absolute atomic E-state index is 10.5. The number of rotatable bonds is 2. The van der Waals surface area contributed by atoms with E-state index < -0.39 is 10.6 Å². The molecule has 1 spiro atoms. The molecule has 0 aromatic heterocycles. The normalized spacial score (nSPS) is 22.3. The molecule has 0 saturated heterocycles. The van der Waals surface area contributed by atoms with Crippen LogP contribution in [0.25, 0.3) is 12.2 Å². The number of fused-ring (bicyclic) bond motifs is 2. The fourth-order valence-corrected chi connectivity index (χ4v) is 4.05. The van der Waals surface area contributed by atoms with Gasteiger partial charge < -0.3 is 9.64 Å². The summed E-state index contributed by atoms with van der Waals surface area (Å²) in [5, 5.41) is 10.5. The minimum Gasteiger partial charge on any atom is -0.463 e. The Labute approximate surface area is 152 Å². The lowest BCUT2D eigenvalue weighted by molar-refractivity contribution is -0.400. The maximum Gasteiger partial charge on any atom is 0.235 e. The molecular weight excluding hydrogens is 328 g/mol. The zero-order valence-corrected chi connectivity index (χ0v) is 15.0. The van der Waals surface area contributed by atoms with E-state index in [1.54, 1.807) is 0 Å². The fraction of sp³-hybridized carbons (Fsp3) is 0.238. The summed E-state index contributed by atoms with van der Waals surface area (Å²) in [6, 6.07) is 14.0. The molecule has 0 fully saturated rings. The molecule has 0 N–H and O–H groups in total. The van der Waals surface area contributed by atoms with Crippen molar-refractivity contribution in [3.63, 3.8) is 0 Å². The molecule has 2 aliphatic heterocycles. The van der Waals surface area contributed by atoms with Crippen LogP contribution in [0.4, 0.5) is 5.69 Å². The highest BCUT2D eigenvalue weighted by Gasteiger charge is 2.57. The van der Waals surface area contributed by atoms with Crippen LogP contribution in [0.2, 0.25) is 0 Å². The van der Waals surface area contributed by atoms with Gasteiger partial charge in [0, 0.05) is 24.4 Å². The van der Waals surface area contributed by atoms with Gasteiger partial charge in [-0.3, -0.25) is 10.1 Å². The Balaban J connectivity index is 1.76.